The van der Waals surface area contributed by atoms with Gasteiger partial charge < -0.3 is 15.7 Å². The van der Waals surface area contributed by atoms with Crippen LogP contribution in [0.15, 0.2) is 22.7 Å². The van der Waals surface area contributed by atoms with Crippen LogP contribution in [0.5, 0.6) is 5.75 Å². The summed E-state index contributed by atoms with van der Waals surface area (Å²) in [7, 11) is 0. The lowest BCUT2D eigenvalue weighted by molar-refractivity contribution is 0.0786. The Balaban J connectivity index is 2.17. The van der Waals surface area contributed by atoms with Crippen molar-refractivity contribution in [3.63, 3.8) is 0 Å². The summed E-state index contributed by atoms with van der Waals surface area (Å²) in [5, 5.41) is 9.55. The second kappa shape index (κ2) is 4.66. The summed E-state index contributed by atoms with van der Waals surface area (Å²) >= 11 is 3.19. The molecule has 17 heavy (non-hydrogen) atoms. The average molecular weight is 299 g/mol. The van der Waals surface area contributed by atoms with Crippen LogP contribution in [-0.2, 0) is 0 Å². The first kappa shape index (κ1) is 12.4. The van der Waals surface area contributed by atoms with Crippen molar-refractivity contribution in [1.82, 2.24) is 4.90 Å². The SMILES string of the molecule is CC1CN(C(=O)c2ccc(Br)c(O)c2)CC1N. The topological polar surface area (TPSA) is 66.6 Å². The van der Waals surface area contributed by atoms with E-state index in [2.05, 4.69) is 15.9 Å². The van der Waals surface area contributed by atoms with E-state index in [4.69, 9.17) is 5.73 Å². The van der Waals surface area contributed by atoms with Gasteiger partial charge in [-0.2, -0.15) is 0 Å². The molecule has 2 atom stereocenters. The number of carbonyl (C=O) groups excluding carboxylic acids is 1. The van der Waals surface area contributed by atoms with E-state index in [1.54, 1.807) is 17.0 Å². The summed E-state index contributed by atoms with van der Waals surface area (Å²) in [6.07, 6.45) is 0. The predicted molar refractivity (Wildman–Crippen MR) is 68.8 cm³/mol. The summed E-state index contributed by atoms with van der Waals surface area (Å²) in [6.45, 7) is 3.30. The van der Waals surface area contributed by atoms with Crippen molar-refractivity contribution in [1.29, 1.82) is 0 Å². The van der Waals surface area contributed by atoms with Gasteiger partial charge in [-0.15, -0.1) is 0 Å². The molecule has 0 radical (unpaired) electrons. The van der Waals surface area contributed by atoms with Gasteiger partial charge in [0.05, 0.1) is 4.47 Å². The fourth-order valence-electron chi connectivity index (χ4n) is 1.99. The Bertz CT molecular complexity index is 440. The highest BCUT2D eigenvalue weighted by Crippen LogP contribution is 2.26. The first-order valence-corrected chi connectivity index (χ1v) is 6.31. The van der Waals surface area contributed by atoms with E-state index in [1.807, 2.05) is 6.92 Å². The number of carbonyl (C=O) groups is 1. The van der Waals surface area contributed by atoms with Crippen molar-refractivity contribution in [3.8, 4) is 5.75 Å². The van der Waals surface area contributed by atoms with Crippen LogP contribution >= 0.6 is 15.9 Å². The highest BCUT2D eigenvalue weighted by Gasteiger charge is 2.30. The van der Waals surface area contributed by atoms with Crippen molar-refractivity contribution in [2.45, 2.75) is 13.0 Å². The Kier molecular flexibility index (Phi) is 3.40. The molecule has 92 valence electrons. The number of likely N-dealkylation sites (tertiary alicyclic amines) is 1. The molecule has 4 nitrogen and oxygen atoms in total. The number of aromatic hydroxyl groups is 1. The van der Waals surface area contributed by atoms with Crippen LogP contribution in [0.1, 0.15) is 17.3 Å². The largest absolute Gasteiger partial charge is 0.507 e. The van der Waals surface area contributed by atoms with E-state index in [9.17, 15) is 9.90 Å². The van der Waals surface area contributed by atoms with Crippen LogP contribution in [0, 0.1) is 5.92 Å². The van der Waals surface area contributed by atoms with Gasteiger partial charge in [0, 0.05) is 24.7 Å². The Morgan fingerprint density at radius 3 is 2.76 bits per heavy atom. The number of benzene rings is 1. The van der Waals surface area contributed by atoms with Crippen LogP contribution in [0.3, 0.4) is 0 Å². The molecular formula is C12H15BrN2O2. The third-order valence-corrected chi connectivity index (χ3v) is 3.82. The van der Waals surface area contributed by atoms with E-state index >= 15 is 0 Å². The molecule has 1 aromatic rings. The van der Waals surface area contributed by atoms with Crippen LogP contribution in [0.25, 0.3) is 0 Å². The van der Waals surface area contributed by atoms with Crippen molar-refractivity contribution in [3.05, 3.63) is 28.2 Å². The summed E-state index contributed by atoms with van der Waals surface area (Å²) in [5.41, 5.74) is 6.38. The molecule has 3 N–H and O–H groups in total. The third kappa shape index (κ3) is 2.45. The Hall–Kier alpha value is -1.07. The number of nitrogens with two attached hydrogens (primary N) is 1. The van der Waals surface area contributed by atoms with Gasteiger partial charge in [-0.1, -0.05) is 6.92 Å². The fourth-order valence-corrected chi connectivity index (χ4v) is 2.23. The molecule has 0 aromatic heterocycles. The monoisotopic (exact) mass is 298 g/mol. The lowest BCUT2D eigenvalue weighted by Crippen LogP contribution is -2.32. The first-order valence-electron chi connectivity index (χ1n) is 5.52. The minimum atomic E-state index is -0.0763. The van der Waals surface area contributed by atoms with E-state index in [0.29, 0.717) is 29.0 Å². The average Bonchev–Trinajstić information content (AvgIpc) is 2.62. The molecule has 1 aliphatic heterocycles. The summed E-state index contributed by atoms with van der Waals surface area (Å²) < 4.78 is 0.584. The molecule has 2 rings (SSSR count). The van der Waals surface area contributed by atoms with Crippen molar-refractivity contribution >= 4 is 21.8 Å². The number of hydrogen-bond donors (Lipinski definition) is 2. The molecular weight excluding hydrogens is 284 g/mol. The van der Waals surface area contributed by atoms with Crippen molar-refractivity contribution < 1.29 is 9.90 Å². The zero-order valence-corrected chi connectivity index (χ0v) is 11.1. The van der Waals surface area contributed by atoms with Crippen LogP contribution in [0.4, 0.5) is 0 Å². The molecule has 2 unspecified atom stereocenters. The third-order valence-electron chi connectivity index (χ3n) is 3.15. The number of rotatable bonds is 1. The molecule has 0 bridgehead atoms. The van der Waals surface area contributed by atoms with Gasteiger partial charge >= 0.3 is 0 Å². The second-order valence-electron chi connectivity index (χ2n) is 4.52. The summed E-state index contributed by atoms with van der Waals surface area (Å²) in [4.78, 5) is 13.9. The molecule has 1 amide bonds. The predicted octanol–water partition coefficient (Wildman–Crippen LogP) is 1.57. The molecule has 1 fully saturated rings. The first-order chi connectivity index (χ1) is 7.99. The van der Waals surface area contributed by atoms with Gasteiger partial charge in [0.2, 0.25) is 0 Å². The number of phenols is 1. The number of amides is 1. The van der Waals surface area contributed by atoms with Crippen LogP contribution in [-0.4, -0.2) is 35.0 Å². The maximum Gasteiger partial charge on any atom is 0.254 e. The van der Waals surface area contributed by atoms with Crippen molar-refractivity contribution in [2.24, 2.45) is 11.7 Å². The van der Waals surface area contributed by atoms with Crippen molar-refractivity contribution in [2.75, 3.05) is 13.1 Å². The van der Waals surface area contributed by atoms with Gasteiger partial charge in [-0.05, 0) is 40.0 Å². The van der Waals surface area contributed by atoms with Gasteiger partial charge in [0.25, 0.3) is 5.91 Å². The number of nitrogens with zero attached hydrogens (tertiary/aromatic N) is 1. The van der Waals surface area contributed by atoms with Gasteiger partial charge in [-0.25, -0.2) is 0 Å². The minimum Gasteiger partial charge on any atom is -0.507 e. The van der Waals surface area contributed by atoms with Crippen LogP contribution < -0.4 is 5.73 Å². The maximum absolute atomic E-state index is 12.1. The number of phenolic OH excluding ortho intramolecular Hbond substituents is 1. The molecule has 0 saturated carbocycles. The van der Waals surface area contributed by atoms with Gasteiger partial charge in [0.15, 0.2) is 0 Å². The molecule has 0 spiro atoms. The summed E-state index contributed by atoms with van der Waals surface area (Å²) in [5.74, 6) is 0.322. The quantitative estimate of drug-likeness (QED) is 0.827. The van der Waals surface area contributed by atoms with E-state index in [0.717, 1.165) is 0 Å². The van der Waals surface area contributed by atoms with Crippen LogP contribution in [0.2, 0.25) is 0 Å². The maximum atomic E-state index is 12.1. The van der Waals surface area contributed by atoms with E-state index < -0.39 is 0 Å². The normalized spacial score (nSPS) is 24.1. The van der Waals surface area contributed by atoms with E-state index in [-0.39, 0.29) is 17.7 Å². The molecule has 1 aromatic carbocycles. The van der Waals surface area contributed by atoms with Gasteiger partial charge in [0.1, 0.15) is 5.75 Å². The Morgan fingerprint density at radius 2 is 2.24 bits per heavy atom. The fraction of sp³-hybridized carbons (Fsp3) is 0.417. The minimum absolute atomic E-state index is 0.0444. The Labute approximate surface area is 109 Å². The molecule has 0 aliphatic carbocycles. The molecule has 1 saturated heterocycles. The second-order valence-corrected chi connectivity index (χ2v) is 5.37. The van der Waals surface area contributed by atoms with E-state index in [1.165, 1.54) is 6.07 Å². The lowest BCUT2D eigenvalue weighted by atomic mass is 10.1. The highest BCUT2D eigenvalue weighted by atomic mass is 79.9. The lowest BCUT2D eigenvalue weighted by Gasteiger charge is -2.16. The zero-order chi connectivity index (χ0) is 12.6. The highest BCUT2D eigenvalue weighted by molar-refractivity contribution is 9.10. The number of hydrogen-bond acceptors (Lipinski definition) is 3. The molecule has 5 heteroatoms. The Morgan fingerprint density at radius 1 is 1.53 bits per heavy atom. The zero-order valence-electron chi connectivity index (χ0n) is 9.56. The number of halogens is 1. The standard InChI is InChI=1S/C12H15BrN2O2/c1-7-5-15(6-10(7)14)12(17)8-2-3-9(13)11(16)4-8/h2-4,7,10,16H,5-6,14H2,1H3. The summed E-state index contributed by atoms with van der Waals surface area (Å²) in [6, 6.07) is 4.88. The smallest absolute Gasteiger partial charge is 0.254 e. The molecule has 1 aliphatic rings. The van der Waals surface area contributed by atoms with Gasteiger partial charge in [-0.3, -0.25) is 4.79 Å². The molecule has 1 heterocycles.